The second kappa shape index (κ2) is 6.45. The molecule has 0 saturated carbocycles. The van der Waals surface area contributed by atoms with Crippen LogP contribution in [0.3, 0.4) is 0 Å². The molecule has 1 heterocycles. The molecule has 1 unspecified atom stereocenters. The van der Waals surface area contributed by atoms with Crippen molar-refractivity contribution in [3.8, 4) is 0 Å². The summed E-state index contributed by atoms with van der Waals surface area (Å²) in [7, 11) is 0. The van der Waals surface area contributed by atoms with Gasteiger partial charge in [-0.2, -0.15) is 0 Å². The van der Waals surface area contributed by atoms with Crippen LogP contribution < -0.4 is 11.1 Å². The molecule has 0 radical (unpaired) electrons. The fourth-order valence-electron chi connectivity index (χ4n) is 2.24. The van der Waals surface area contributed by atoms with Gasteiger partial charge in [0, 0.05) is 12.6 Å². The Balaban J connectivity index is 1.91. The Labute approximate surface area is 125 Å². The Kier molecular flexibility index (Phi) is 4.85. The van der Waals surface area contributed by atoms with Crippen molar-refractivity contribution in [3.63, 3.8) is 0 Å². The van der Waals surface area contributed by atoms with E-state index in [1.807, 2.05) is 26.8 Å². The van der Waals surface area contributed by atoms with Crippen molar-refractivity contribution in [2.75, 3.05) is 13.2 Å². The minimum absolute atomic E-state index is 0.245. The van der Waals surface area contributed by atoms with Crippen LogP contribution in [0.4, 0.5) is 4.79 Å². The topological polar surface area (TPSA) is 73.6 Å². The highest BCUT2D eigenvalue weighted by Crippen LogP contribution is 2.21. The van der Waals surface area contributed by atoms with Crippen LogP contribution in [0, 0.1) is 0 Å². The van der Waals surface area contributed by atoms with Gasteiger partial charge in [0.25, 0.3) is 0 Å². The maximum atomic E-state index is 11.6. The summed E-state index contributed by atoms with van der Waals surface area (Å²) >= 11 is 0. The van der Waals surface area contributed by atoms with Crippen LogP contribution in [-0.4, -0.2) is 24.8 Å². The summed E-state index contributed by atoms with van der Waals surface area (Å²) in [6.45, 7) is 7.27. The summed E-state index contributed by atoms with van der Waals surface area (Å²) in [5, 5.41) is 2.71. The molecular formula is C16H24N2O3. The summed E-state index contributed by atoms with van der Waals surface area (Å²) in [6.07, 6.45) is 0.472. The highest BCUT2D eigenvalue weighted by atomic mass is 16.6. The zero-order valence-corrected chi connectivity index (χ0v) is 12.9. The monoisotopic (exact) mass is 292 g/mol. The van der Waals surface area contributed by atoms with Gasteiger partial charge >= 0.3 is 6.09 Å². The number of nitrogens with two attached hydrogens (primary N) is 1. The normalized spacial score (nSPS) is 16.0. The number of hydrogen-bond acceptors (Lipinski definition) is 4. The number of carbonyl (C=O) groups excluding carboxylic acids is 1. The maximum Gasteiger partial charge on any atom is 0.407 e. The number of nitrogens with one attached hydrogen (secondary N) is 1. The van der Waals surface area contributed by atoms with E-state index < -0.39 is 11.7 Å². The molecule has 1 aliphatic heterocycles. The lowest BCUT2D eigenvalue weighted by atomic mass is 9.97. The summed E-state index contributed by atoms with van der Waals surface area (Å²) in [6, 6.07) is 5.91. The first-order valence-corrected chi connectivity index (χ1v) is 7.27. The third kappa shape index (κ3) is 4.72. The highest BCUT2D eigenvalue weighted by Gasteiger charge is 2.17. The largest absolute Gasteiger partial charge is 0.444 e. The molecule has 1 aromatic carbocycles. The highest BCUT2D eigenvalue weighted by molar-refractivity contribution is 5.67. The van der Waals surface area contributed by atoms with Crippen LogP contribution in [0.25, 0.3) is 0 Å². The van der Waals surface area contributed by atoms with Crippen LogP contribution in [0.15, 0.2) is 18.2 Å². The maximum absolute atomic E-state index is 11.6. The van der Waals surface area contributed by atoms with Crippen LogP contribution in [0.2, 0.25) is 0 Å². The van der Waals surface area contributed by atoms with E-state index in [0.29, 0.717) is 13.2 Å². The molecule has 2 rings (SSSR count). The molecular weight excluding hydrogens is 268 g/mol. The lowest BCUT2D eigenvalue weighted by Gasteiger charge is -2.22. The number of rotatable bonds is 3. The second-order valence-electron chi connectivity index (χ2n) is 6.32. The summed E-state index contributed by atoms with van der Waals surface area (Å²) in [4.78, 5) is 11.6. The predicted octanol–water partition coefficient (Wildman–Crippen LogP) is 2.28. The van der Waals surface area contributed by atoms with Gasteiger partial charge in [-0.05, 0) is 43.9 Å². The van der Waals surface area contributed by atoms with Crippen LogP contribution in [-0.2, 0) is 22.5 Å². The predicted molar refractivity (Wildman–Crippen MR) is 81.0 cm³/mol. The van der Waals surface area contributed by atoms with Gasteiger partial charge in [0.15, 0.2) is 0 Å². The number of alkyl carbamates (subject to hydrolysis) is 1. The van der Waals surface area contributed by atoms with Crippen LogP contribution in [0.1, 0.15) is 43.5 Å². The summed E-state index contributed by atoms with van der Waals surface area (Å²) in [5.41, 5.74) is 9.16. The molecule has 0 aromatic heterocycles. The molecule has 5 heteroatoms. The molecule has 0 bridgehead atoms. The zero-order valence-electron chi connectivity index (χ0n) is 12.9. The van der Waals surface area contributed by atoms with Gasteiger partial charge in [-0.25, -0.2) is 4.79 Å². The van der Waals surface area contributed by atoms with Crippen molar-refractivity contribution in [3.05, 3.63) is 34.9 Å². The zero-order chi connectivity index (χ0) is 15.5. The molecule has 1 aliphatic rings. The molecule has 0 spiro atoms. The van der Waals surface area contributed by atoms with Crippen LogP contribution >= 0.6 is 0 Å². The molecule has 0 saturated heterocycles. The second-order valence-corrected chi connectivity index (χ2v) is 6.32. The molecule has 1 amide bonds. The van der Waals surface area contributed by atoms with Gasteiger partial charge in [-0.15, -0.1) is 0 Å². The van der Waals surface area contributed by atoms with E-state index in [-0.39, 0.29) is 6.04 Å². The van der Waals surface area contributed by atoms with E-state index in [1.54, 1.807) is 0 Å². The minimum Gasteiger partial charge on any atom is -0.444 e. The Hall–Kier alpha value is -1.59. The first-order chi connectivity index (χ1) is 9.85. The Morgan fingerprint density at radius 3 is 2.90 bits per heavy atom. The SMILES string of the molecule is CC(C)(C)OC(=O)NCC(N)c1ccc2c(c1)CCOC2. The molecule has 1 aromatic rings. The average Bonchev–Trinajstić information content (AvgIpc) is 2.42. The molecule has 0 aliphatic carbocycles. The van der Waals surface area contributed by atoms with Gasteiger partial charge in [-0.1, -0.05) is 18.2 Å². The molecule has 3 N–H and O–H groups in total. The van der Waals surface area contributed by atoms with Gasteiger partial charge in [0.2, 0.25) is 0 Å². The number of amides is 1. The minimum atomic E-state index is -0.500. The number of carbonyl (C=O) groups is 1. The molecule has 0 fully saturated rings. The number of benzene rings is 1. The smallest absolute Gasteiger partial charge is 0.407 e. The average molecular weight is 292 g/mol. The van der Waals surface area contributed by atoms with Gasteiger partial charge in [0.1, 0.15) is 5.60 Å². The first-order valence-electron chi connectivity index (χ1n) is 7.27. The first kappa shape index (κ1) is 15.8. The Bertz CT molecular complexity index is 509. The van der Waals surface area contributed by atoms with Crippen molar-refractivity contribution in [2.24, 2.45) is 5.73 Å². The number of fused-ring (bicyclic) bond motifs is 1. The quantitative estimate of drug-likeness (QED) is 0.896. The van der Waals surface area contributed by atoms with E-state index in [0.717, 1.165) is 18.6 Å². The number of ether oxygens (including phenoxy) is 2. The van der Waals surface area contributed by atoms with Gasteiger partial charge in [0.05, 0.1) is 13.2 Å². The molecule has 116 valence electrons. The third-order valence-corrected chi connectivity index (χ3v) is 3.30. The van der Waals surface area contributed by atoms with Crippen LogP contribution in [0.5, 0.6) is 0 Å². The Morgan fingerprint density at radius 1 is 1.43 bits per heavy atom. The van der Waals surface area contributed by atoms with Crippen molar-refractivity contribution in [1.82, 2.24) is 5.32 Å². The van der Waals surface area contributed by atoms with Crippen molar-refractivity contribution >= 4 is 6.09 Å². The van der Waals surface area contributed by atoms with E-state index in [9.17, 15) is 4.79 Å². The van der Waals surface area contributed by atoms with Crippen molar-refractivity contribution in [2.45, 2.75) is 45.4 Å². The molecule has 1 atom stereocenters. The van der Waals surface area contributed by atoms with Gasteiger partial charge in [-0.3, -0.25) is 0 Å². The lowest BCUT2D eigenvalue weighted by Crippen LogP contribution is -2.36. The van der Waals surface area contributed by atoms with E-state index in [4.69, 9.17) is 15.2 Å². The molecule has 5 nitrogen and oxygen atoms in total. The fraction of sp³-hybridized carbons (Fsp3) is 0.562. The third-order valence-electron chi connectivity index (χ3n) is 3.30. The fourth-order valence-corrected chi connectivity index (χ4v) is 2.24. The van der Waals surface area contributed by atoms with Crippen molar-refractivity contribution in [1.29, 1.82) is 0 Å². The van der Waals surface area contributed by atoms with E-state index in [1.165, 1.54) is 11.1 Å². The Morgan fingerprint density at radius 2 is 2.19 bits per heavy atom. The number of hydrogen-bond donors (Lipinski definition) is 2. The van der Waals surface area contributed by atoms with Crippen molar-refractivity contribution < 1.29 is 14.3 Å². The van der Waals surface area contributed by atoms with E-state index in [2.05, 4.69) is 17.4 Å². The summed E-state index contributed by atoms with van der Waals surface area (Å²) in [5.74, 6) is 0. The standard InChI is InChI=1S/C16H24N2O3/c1-16(2,3)21-15(19)18-9-14(17)12-4-5-13-10-20-7-6-11(13)8-12/h4-5,8,14H,6-7,9-10,17H2,1-3H3,(H,18,19). The lowest BCUT2D eigenvalue weighted by molar-refractivity contribution is 0.0524. The summed E-state index contributed by atoms with van der Waals surface area (Å²) < 4.78 is 10.6. The van der Waals surface area contributed by atoms with Gasteiger partial charge < -0.3 is 20.5 Å². The molecule has 21 heavy (non-hydrogen) atoms. The van der Waals surface area contributed by atoms with E-state index >= 15 is 0 Å².